The summed E-state index contributed by atoms with van der Waals surface area (Å²) in [6, 6.07) is 5.30. The van der Waals surface area contributed by atoms with Crippen molar-refractivity contribution in [3.63, 3.8) is 0 Å². The lowest BCUT2D eigenvalue weighted by Gasteiger charge is -2.66. The Morgan fingerprint density at radius 1 is 0.868 bits per heavy atom. The summed E-state index contributed by atoms with van der Waals surface area (Å²) in [4.78, 5) is 117. The lowest BCUT2D eigenvalue weighted by molar-refractivity contribution is -0.370. The Balaban J connectivity index is 1.78. The Morgan fingerprint density at radius 3 is 2.06 bits per heavy atom. The topological polar surface area (TPSA) is 248 Å². The van der Waals surface area contributed by atoms with Gasteiger partial charge < -0.3 is 47.6 Å². The first-order valence-corrected chi connectivity index (χ1v) is 23.2. The summed E-state index contributed by atoms with van der Waals surface area (Å²) in [5, 5.41) is 13.8. The molecular weight excluding hydrogens is 889 g/mol. The molecule has 14 unspecified atom stereocenters. The van der Waals surface area contributed by atoms with Gasteiger partial charge in [-0.2, -0.15) is 0 Å². The van der Waals surface area contributed by atoms with Crippen LogP contribution in [-0.2, 0) is 68.9 Å². The van der Waals surface area contributed by atoms with Crippen molar-refractivity contribution in [3.05, 3.63) is 63.8 Å². The summed E-state index contributed by atoms with van der Waals surface area (Å²) in [5.41, 5.74) is -9.76. The largest absolute Gasteiger partial charge is 0.464 e. The van der Waals surface area contributed by atoms with Crippen LogP contribution < -0.4 is 5.56 Å². The third kappa shape index (κ3) is 8.80. The molecule has 1 N–H and O–H groups in total. The van der Waals surface area contributed by atoms with Crippen LogP contribution in [0.15, 0.2) is 41.5 Å². The smallest absolute Gasteiger partial charge is 0.340 e. The van der Waals surface area contributed by atoms with Crippen molar-refractivity contribution in [3.8, 4) is 0 Å². The maximum Gasteiger partial charge on any atom is 0.340 e. The quantitative estimate of drug-likeness (QED) is 0.232. The van der Waals surface area contributed by atoms with Crippen molar-refractivity contribution >= 4 is 41.8 Å². The minimum absolute atomic E-state index is 0.0135. The highest BCUT2D eigenvalue weighted by Crippen LogP contribution is 2.69. The Bertz CT molecular complexity index is 2380. The second-order valence-electron chi connectivity index (χ2n) is 19.6. The molecule has 2 saturated carbocycles. The Morgan fingerprint density at radius 2 is 1.49 bits per heavy atom. The van der Waals surface area contributed by atoms with Crippen LogP contribution in [0.3, 0.4) is 0 Å². The summed E-state index contributed by atoms with van der Waals surface area (Å²) < 4.78 is 52.6. The number of ether oxygens (including phenoxy) is 8. The number of esters is 7. The van der Waals surface area contributed by atoms with E-state index in [9.17, 15) is 43.5 Å². The van der Waals surface area contributed by atoms with E-state index in [1.165, 1.54) is 58.4 Å². The molecule has 2 aliphatic carbocycles. The van der Waals surface area contributed by atoms with E-state index in [1.54, 1.807) is 48.5 Å². The van der Waals surface area contributed by atoms with Gasteiger partial charge >= 0.3 is 41.8 Å². The van der Waals surface area contributed by atoms with Crippen LogP contribution in [0, 0.1) is 35.0 Å². The molecule has 19 heteroatoms. The lowest BCUT2D eigenvalue weighted by atomic mass is 9.46. The molecule has 1 saturated heterocycles. The third-order valence-electron chi connectivity index (χ3n) is 14.8. The standard InChI is InChI=1S/C49H64N2O17/c1-13-25(5)41(55)66-38-35(63-29(9)52)32-20-49-47(11,60)37(65-43(57)28(8)27(7)34-31(16-15-19-50-34)45(59)61-22-46(32,10)68-49)36(64-44(58)30-17-18-33(53)51(12)21-30)39(67-42(56)26(6)14-2)48(38,49)23-62-40(54)24(3)4/h15-19,21,24-28,32,35-39,60H,13-14,20,22-23H2,1-12H3. The number of rotatable bonds is 12. The molecule has 68 heavy (non-hydrogen) atoms. The van der Waals surface area contributed by atoms with Crippen LogP contribution in [0.25, 0.3) is 0 Å². The molecular formula is C49H64N2O17. The molecule has 19 nitrogen and oxygen atoms in total. The van der Waals surface area contributed by atoms with E-state index in [0.29, 0.717) is 0 Å². The number of pyridine rings is 2. The number of carbonyl (C=O) groups is 7. The van der Waals surface area contributed by atoms with Gasteiger partial charge in [-0.25, -0.2) is 9.59 Å². The molecule has 1 spiro atoms. The van der Waals surface area contributed by atoms with E-state index < -0.39 is 155 Å². The summed E-state index contributed by atoms with van der Waals surface area (Å²) in [6.07, 6.45) is -6.96. The fourth-order valence-electron chi connectivity index (χ4n) is 10.1. The molecule has 4 bridgehead atoms. The number of fused-ring (bicyclic) bond motifs is 5. The Kier molecular flexibility index (Phi) is 14.7. The molecule has 2 aromatic heterocycles. The molecule has 0 radical (unpaired) electrons. The number of aryl methyl sites for hydroxylation is 1. The van der Waals surface area contributed by atoms with Gasteiger partial charge in [-0.15, -0.1) is 0 Å². The van der Waals surface area contributed by atoms with E-state index in [1.807, 2.05) is 0 Å². The molecule has 372 valence electrons. The van der Waals surface area contributed by atoms with Gasteiger partial charge in [-0.1, -0.05) is 55.4 Å². The molecule has 3 fully saturated rings. The number of hydrogen-bond donors (Lipinski definition) is 1. The average Bonchev–Trinajstić information content (AvgIpc) is 3.60. The molecule has 6 rings (SSSR count). The van der Waals surface area contributed by atoms with Crippen LogP contribution in [0.5, 0.6) is 0 Å². The highest BCUT2D eigenvalue weighted by atomic mass is 16.7. The van der Waals surface area contributed by atoms with E-state index in [4.69, 9.17) is 37.9 Å². The zero-order valence-electron chi connectivity index (χ0n) is 40.7. The number of aromatic nitrogens is 2. The Labute approximate surface area is 394 Å². The number of cyclic esters (lactones) is 1. The van der Waals surface area contributed by atoms with Crippen molar-refractivity contribution in [2.24, 2.45) is 42.1 Å². The molecule has 0 amide bonds. The van der Waals surface area contributed by atoms with E-state index >= 15 is 0 Å². The van der Waals surface area contributed by atoms with Gasteiger partial charge in [0.1, 0.15) is 41.5 Å². The van der Waals surface area contributed by atoms with Gasteiger partial charge in [0.15, 0.2) is 24.4 Å². The van der Waals surface area contributed by atoms with Crippen LogP contribution in [0.2, 0.25) is 0 Å². The fraction of sp³-hybridized carbons (Fsp3) is 0.653. The van der Waals surface area contributed by atoms with Crippen molar-refractivity contribution in [2.45, 2.75) is 149 Å². The second-order valence-corrected chi connectivity index (χ2v) is 19.6. The summed E-state index contributed by atoms with van der Waals surface area (Å²) >= 11 is 0. The molecule has 0 aromatic carbocycles. The number of nitrogens with zero attached hydrogens (tertiary/aromatic N) is 2. The van der Waals surface area contributed by atoms with Gasteiger partial charge in [0.05, 0.1) is 40.5 Å². The highest BCUT2D eigenvalue weighted by Gasteiger charge is 2.88. The zero-order chi connectivity index (χ0) is 50.4. The fourth-order valence-corrected chi connectivity index (χ4v) is 10.1. The van der Waals surface area contributed by atoms with Gasteiger partial charge in [0.2, 0.25) is 5.56 Å². The van der Waals surface area contributed by atoms with Crippen LogP contribution in [0.1, 0.15) is 128 Å². The minimum atomic E-state index is -2.65. The summed E-state index contributed by atoms with van der Waals surface area (Å²) in [7, 11) is 1.40. The molecule has 4 aliphatic rings. The van der Waals surface area contributed by atoms with Crippen LogP contribution >= 0.6 is 0 Å². The van der Waals surface area contributed by atoms with E-state index in [-0.39, 0.29) is 29.7 Å². The monoisotopic (exact) mass is 952 g/mol. The molecule has 4 heterocycles. The number of carbonyl (C=O) groups excluding carboxylic acids is 7. The number of aliphatic hydroxyl groups is 1. The van der Waals surface area contributed by atoms with E-state index in [2.05, 4.69) is 4.98 Å². The lowest BCUT2D eigenvalue weighted by Crippen LogP contribution is -2.86. The SMILES string of the molecule is CCC(C)C(=O)OC1C(OC(C)=O)C2CC34OC2(C)COC(=O)c2cccnc2C(C)C(C)C(=O)OC(C(OC(=O)c2ccc(=O)n(C)c2)C(OC(=O)C(C)CC)C13COC(=O)C(C)C)C4(C)O. The first-order chi connectivity index (χ1) is 31.8. The highest BCUT2D eigenvalue weighted by molar-refractivity contribution is 5.91. The first-order valence-electron chi connectivity index (χ1n) is 23.2. The second kappa shape index (κ2) is 19.4. The average molecular weight is 953 g/mol. The molecule has 2 aliphatic heterocycles. The first kappa shape index (κ1) is 51.7. The predicted molar refractivity (Wildman–Crippen MR) is 236 cm³/mol. The van der Waals surface area contributed by atoms with Crippen molar-refractivity contribution in [1.82, 2.24) is 9.55 Å². The van der Waals surface area contributed by atoms with Crippen LogP contribution in [0.4, 0.5) is 0 Å². The van der Waals surface area contributed by atoms with Gasteiger partial charge in [-0.05, 0) is 51.3 Å². The number of hydrogen-bond acceptors (Lipinski definition) is 18. The van der Waals surface area contributed by atoms with Crippen molar-refractivity contribution in [1.29, 1.82) is 0 Å². The van der Waals surface area contributed by atoms with Crippen molar-refractivity contribution in [2.75, 3.05) is 13.2 Å². The molecule has 14 atom stereocenters. The van der Waals surface area contributed by atoms with E-state index in [0.717, 1.165) is 17.6 Å². The molecule has 2 aromatic rings. The zero-order valence-corrected chi connectivity index (χ0v) is 40.7. The predicted octanol–water partition coefficient (Wildman–Crippen LogP) is 4.17. The van der Waals surface area contributed by atoms with Gasteiger partial charge in [-0.3, -0.25) is 33.8 Å². The third-order valence-corrected chi connectivity index (χ3v) is 14.8. The van der Waals surface area contributed by atoms with Gasteiger partial charge in [0.25, 0.3) is 0 Å². The maximum absolute atomic E-state index is 14.8. The Hall–Kier alpha value is -5.69. The van der Waals surface area contributed by atoms with Gasteiger partial charge in [0, 0.05) is 44.3 Å². The minimum Gasteiger partial charge on any atom is -0.464 e. The summed E-state index contributed by atoms with van der Waals surface area (Å²) in [6.45, 7) is 15.2. The maximum atomic E-state index is 14.8. The van der Waals surface area contributed by atoms with Crippen molar-refractivity contribution < 1.29 is 76.6 Å². The summed E-state index contributed by atoms with van der Waals surface area (Å²) in [5.74, 6) is -12.0. The normalized spacial score (nSPS) is 34.0. The van der Waals surface area contributed by atoms with Crippen LogP contribution in [-0.4, -0.2) is 117 Å².